The number of amides is 2. The topological polar surface area (TPSA) is 93.8 Å². The molecule has 0 radical (unpaired) electrons. The molecule has 2 aliphatic heterocycles. The summed E-state index contributed by atoms with van der Waals surface area (Å²) in [4.78, 5) is 34.1. The van der Waals surface area contributed by atoms with Gasteiger partial charge in [0.05, 0.1) is 31.2 Å². The maximum Gasteiger partial charge on any atom is 0.289 e. The van der Waals surface area contributed by atoms with Gasteiger partial charge in [-0.1, -0.05) is 16.8 Å². The Morgan fingerprint density at radius 1 is 1.10 bits per heavy atom. The summed E-state index contributed by atoms with van der Waals surface area (Å²) in [5.41, 5.74) is 1.23. The van der Waals surface area contributed by atoms with E-state index in [4.69, 9.17) is 30.3 Å². The SMILES string of the molecule is COc1cc(OC)c(C2=NO[C@H](C(=O)N3CCN(C(=O)c4ccco4)CC3)C2)cc1Cl. The standard InChI is InChI=1S/C21H22ClN3O6/c1-28-17-12-18(29-2)14(22)10-13(17)15-11-19(31-23-15)21(27)25-7-5-24(6-8-25)20(26)16-4-3-9-30-16/h3-4,9-10,12,19H,5-8,11H2,1-2H3/t19-/m0/s1. The fraction of sp³-hybridized carbons (Fsp3) is 0.381. The van der Waals surface area contributed by atoms with Crippen LogP contribution in [0.2, 0.25) is 5.02 Å². The molecule has 0 spiro atoms. The lowest BCUT2D eigenvalue weighted by atomic mass is 10.0. The first kappa shape index (κ1) is 21.0. The van der Waals surface area contributed by atoms with E-state index in [1.165, 1.54) is 20.5 Å². The highest BCUT2D eigenvalue weighted by molar-refractivity contribution is 6.32. The van der Waals surface area contributed by atoms with Gasteiger partial charge in [-0.15, -0.1) is 0 Å². The largest absolute Gasteiger partial charge is 0.496 e. The number of piperazine rings is 1. The van der Waals surface area contributed by atoms with Crippen molar-refractivity contribution in [3.8, 4) is 11.5 Å². The van der Waals surface area contributed by atoms with Crippen LogP contribution in [0.25, 0.3) is 0 Å². The number of ether oxygens (including phenoxy) is 2. The Balaban J connectivity index is 1.37. The van der Waals surface area contributed by atoms with Gasteiger partial charge in [-0.05, 0) is 18.2 Å². The Morgan fingerprint density at radius 3 is 2.45 bits per heavy atom. The van der Waals surface area contributed by atoms with E-state index in [9.17, 15) is 9.59 Å². The van der Waals surface area contributed by atoms with Crippen molar-refractivity contribution in [2.75, 3.05) is 40.4 Å². The Bertz CT molecular complexity index is 999. The fourth-order valence-corrected chi connectivity index (χ4v) is 3.88. The van der Waals surface area contributed by atoms with Crippen LogP contribution in [0.1, 0.15) is 22.5 Å². The predicted molar refractivity (Wildman–Crippen MR) is 112 cm³/mol. The van der Waals surface area contributed by atoms with E-state index in [1.807, 2.05) is 0 Å². The van der Waals surface area contributed by atoms with Gasteiger partial charge in [-0.2, -0.15) is 0 Å². The summed E-state index contributed by atoms with van der Waals surface area (Å²) in [5.74, 6) is 0.966. The number of furan rings is 1. The summed E-state index contributed by atoms with van der Waals surface area (Å²) in [6.45, 7) is 1.68. The molecule has 1 fully saturated rings. The molecule has 164 valence electrons. The number of carbonyl (C=O) groups excluding carboxylic acids is 2. The first-order valence-electron chi connectivity index (χ1n) is 9.78. The minimum absolute atomic E-state index is 0.164. The average Bonchev–Trinajstić information content (AvgIpc) is 3.50. The first-order chi connectivity index (χ1) is 15.0. The molecule has 3 heterocycles. The van der Waals surface area contributed by atoms with Gasteiger partial charge in [0.15, 0.2) is 5.76 Å². The monoisotopic (exact) mass is 447 g/mol. The zero-order valence-electron chi connectivity index (χ0n) is 17.2. The lowest BCUT2D eigenvalue weighted by Gasteiger charge is -2.35. The normalized spacial score (nSPS) is 18.4. The van der Waals surface area contributed by atoms with Crippen LogP contribution >= 0.6 is 11.6 Å². The second-order valence-corrected chi connectivity index (χ2v) is 7.53. The van der Waals surface area contributed by atoms with Crippen molar-refractivity contribution in [1.82, 2.24) is 9.80 Å². The molecule has 0 aliphatic carbocycles. The van der Waals surface area contributed by atoms with Crippen LogP contribution in [0.15, 0.2) is 40.1 Å². The Hall–Kier alpha value is -3.20. The second-order valence-electron chi connectivity index (χ2n) is 7.12. The molecule has 1 saturated heterocycles. The molecule has 0 bridgehead atoms. The molecule has 10 heteroatoms. The number of halogens is 1. The summed E-state index contributed by atoms with van der Waals surface area (Å²) in [5, 5.41) is 4.51. The van der Waals surface area contributed by atoms with Gasteiger partial charge in [0.25, 0.3) is 11.8 Å². The Kier molecular flexibility index (Phi) is 6.03. The van der Waals surface area contributed by atoms with Crippen LogP contribution in [0.5, 0.6) is 11.5 Å². The van der Waals surface area contributed by atoms with Crippen molar-refractivity contribution in [3.63, 3.8) is 0 Å². The van der Waals surface area contributed by atoms with Gasteiger partial charge in [-0.3, -0.25) is 9.59 Å². The number of hydrogen-bond donors (Lipinski definition) is 0. The quantitative estimate of drug-likeness (QED) is 0.698. The molecule has 1 atom stereocenters. The summed E-state index contributed by atoms with van der Waals surface area (Å²) in [6.07, 6.45) is 1.03. The number of hydrogen-bond acceptors (Lipinski definition) is 7. The number of nitrogens with zero attached hydrogens (tertiary/aromatic N) is 3. The summed E-state index contributed by atoms with van der Waals surface area (Å²) in [7, 11) is 3.06. The van der Waals surface area contributed by atoms with Gasteiger partial charge in [0.2, 0.25) is 6.10 Å². The molecule has 0 unspecified atom stereocenters. The van der Waals surface area contributed by atoms with E-state index < -0.39 is 6.10 Å². The minimum Gasteiger partial charge on any atom is -0.496 e. The molecular formula is C21H22ClN3O6. The molecule has 0 saturated carbocycles. The van der Waals surface area contributed by atoms with Crippen LogP contribution < -0.4 is 9.47 Å². The van der Waals surface area contributed by atoms with Crippen molar-refractivity contribution in [2.45, 2.75) is 12.5 Å². The van der Waals surface area contributed by atoms with Crippen LogP contribution in [0.3, 0.4) is 0 Å². The predicted octanol–water partition coefficient (Wildman–Crippen LogP) is 2.43. The lowest BCUT2D eigenvalue weighted by molar-refractivity contribution is -0.143. The van der Waals surface area contributed by atoms with Gasteiger partial charge in [0.1, 0.15) is 11.5 Å². The molecule has 2 aliphatic rings. The van der Waals surface area contributed by atoms with Crippen molar-refractivity contribution < 1.29 is 28.3 Å². The first-order valence-corrected chi connectivity index (χ1v) is 10.2. The lowest BCUT2D eigenvalue weighted by Crippen LogP contribution is -2.52. The molecule has 0 N–H and O–H groups in total. The van der Waals surface area contributed by atoms with E-state index in [2.05, 4.69) is 5.16 Å². The van der Waals surface area contributed by atoms with Crippen molar-refractivity contribution in [1.29, 1.82) is 0 Å². The Morgan fingerprint density at radius 2 is 1.81 bits per heavy atom. The molecule has 2 amide bonds. The van der Waals surface area contributed by atoms with Crippen LogP contribution in [-0.4, -0.2) is 73.8 Å². The maximum absolute atomic E-state index is 12.9. The second kappa shape index (κ2) is 8.89. The number of benzene rings is 1. The van der Waals surface area contributed by atoms with E-state index in [1.54, 1.807) is 34.1 Å². The fourth-order valence-electron chi connectivity index (χ4n) is 3.64. The van der Waals surface area contributed by atoms with Gasteiger partial charge in [0, 0.05) is 44.2 Å². The third-order valence-electron chi connectivity index (χ3n) is 5.34. The zero-order chi connectivity index (χ0) is 22.0. The van der Waals surface area contributed by atoms with Gasteiger partial charge < -0.3 is 28.5 Å². The molecule has 2 aromatic rings. The molecule has 9 nitrogen and oxygen atoms in total. The highest BCUT2D eigenvalue weighted by Gasteiger charge is 2.35. The summed E-state index contributed by atoms with van der Waals surface area (Å²) < 4.78 is 15.8. The molecule has 1 aromatic carbocycles. The third-order valence-corrected chi connectivity index (χ3v) is 5.64. The average molecular weight is 448 g/mol. The minimum atomic E-state index is -0.729. The van der Waals surface area contributed by atoms with E-state index >= 15 is 0 Å². The number of oxime groups is 1. The Labute approximate surface area is 184 Å². The van der Waals surface area contributed by atoms with Crippen LogP contribution in [0.4, 0.5) is 0 Å². The summed E-state index contributed by atoms with van der Waals surface area (Å²) in [6, 6.07) is 6.66. The third kappa shape index (κ3) is 4.18. The smallest absolute Gasteiger partial charge is 0.289 e. The van der Waals surface area contributed by atoms with Gasteiger partial charge >= 0.3 is 0 Å². The molecule has 4 rings (SSSR count). The molecule has 31 heavy (non-hydrogen) atoms. The van der Waals surface area contributed by atoms with Crippen molar-refractivity contribution in [3.05, 3.63) is 46.9 Å². The molecular weight excluding hydrogens is 426 g/mol. The molecule has 1 aromatic heterocycles. The number of rotatable bonds is 5. The van der Waals surface area contributed by atoms with E-state index in [0.29, 0.717) is 66.2 Å². The zero-order valence-corrected chi connectivity index (χ0v) is 17.9. The number of carbonyl (C=O) groups is 2. The van der Waals surface area contributed by atoms with E-state index in [0.717, 1.165) is 0 Å². The highest BCUT2D eigenvalue weighted by Crippen LogP contribution is 2.35. The number of methoxy groups -OCH3 is 2. The van der Waals surface area contributed by atoms with E-state index in [-0.39, 0.29) is 11.8 Å². The van der Waals surface area contributed by atoms with Crippen LogP contribution in [-0.2, 0) is 9.63 Å². The summed E-state index contributed by atoms with van der Waals surface area (Å²) >= 11 is 6.24. The van der Waals surface area contributed by atoms with Crippen molar-refractivity contribution >= 4 is 29.1 Å². The van der Waals surface area contributed by atoms with Crippen LogP contribution in [0, 0.1) is 0 Å². The maximum atomic E-state index is 12.9. The van der Waals surface area contributed by atoms with Crippen molar-refractivity contribution in [2.24, 2.45) is 5.16 Å². The highest BCUT2D eigenvalue weighted by atomic mass is 35.5. The van der Waals surface area contributed by atoms with Gasteiger partial charge in [-0.25, -0.2) is 0 Å².